The Bertz CT molecular complexity index is 565. The van der Waals surface area contributed by atoms with Gasteiger partial charge in [0.25, 0.3) is 0 Å². The fraction of sp³-hybridized carbons (Fsp3) is 0.438. The number of anilines is 1. The summed E-state index contributed by atoms with van der Waals surface area (Å²) in [7, 11) is 3.89. The second-order valence-corrected chi connectivity index (χ2v) is 5.17. The van der Waals surface area contributed by atoms with E-state index in [0.29, 0.717) is 6.54 Å². The van der Waals surface area contributed by atoms with Gasteiger partial charge < -0.3 is 15.3 Å². The number of benzene rings is 1. The van der Waals surface area contributed by atoms with Gasteiger partial charge in [0.2, 0.25) is 0 Å². The number of hydrogen-bond donors (Lipinski definition) is 2. The zero-order chi connectivity index (χ0) is 15.2. The van der Waals surface area contributed by atoms with E-state index in [1.165, 1.54) is 11.1 Å². The molecule has 0 bridgehead atoms. The van der Waals surface area contributed by atoms with Crippen LogP contribution >= 0.6 is 0 Å². The van der Waals surface area contributed by atoms with Crippen LogP contribution in [0.25, 0.3) is 0 Å². The highest BCUT2D eigenvalue weighted by Gasteiger charge is 2.18. The highest BCUT2D eigenvalue weighted by atomic mass is 16.3. The molecule has 0 spiro atoms. The van der Waals surface area contributed by atoms with Gasteiger partial charge in [0.05, 0.1) is 12.3 Å². The molecule has 0 unspecified atom stereocenters. The Morgan fingerprint density at radius 3 is 2.62 bits per heavy atom. The lowest BCUT2D eigenvalue weighted by atomic mass is 10.2. The number of aryl methyl sites for hydroxylation is 2. The second-order valence-electron chi connectivity index (χ2n) is 5.17. The van der Waals surface area contributed by atoms with Crippen molar-refractivity contribution in [1.29, 1.82) is 0 Å². The van der Waals surface area contributed by atoms with Crippen molar-refractivity contribution in [3.63, 3.8) is 0 Å². The van der Waals surface area contributed by atoms with Crippen molar-refractivity contribution in [3.8, 4) is 0 Å². The number of hydrogen-bond acceptors (Lipinski definition) is 4. The Balaban J connectivity index is 2.33. The second kappa shape index (κ2) is 7.24. The third-order valence-corrected chi connectivity index (χ3v) is 3.55. The minimum atomic E-state index is 0.121. The SMILES string of the molecule is CNCc1c(C)nn(C)c1N(CCO)Cc1ccccc1. The predicted octanol–water partition coefficient (Wildman–Crippen LogP) is 1.45. The molecule has 0 radical (unpaired) electrons. The van der Waals surface area contributed by atoms with Gasteiger partial charge in [0.1, 0.15) is 5.82 Å². The molecule has 0 saturated carbocycles. The summed E-state index contributed by atoms with van der Waals surface area (Å²) in [5.41, 5.74) is 3.43. The van der Waals surface area contributed by atoms with Crippen molar-refractivity contribution in [2.45, 2.75) is 20.0 Å². The Morgan fingerprint density at radius 1 is 1.29 bits per heavy atom. The molecule has 2 N–H and O–H groups in total. The summed E-state index contributed by atoms with van der Waals surface area (Å²) in [6, 6.07) is 10.3. The summed E-state index contributed by atoms with van der Waals surface area (Å²) < 4.78 is 1.90. The topological polar surface area (TPSA) is 53.3 Å². The van der Waals surface area contributed by atoms with E-state index >= 15 is 0 Å². The van der Waals surface area contributed by atoms with E-state index in [1.54, 1.807) is 0 Å². The van der Waals surface area contributed by atoms with Gasteiger partial charge in [-0.3, -0.25) is 4.68 Å². The van der Waals surface area contributed by atoms with Gasteiger partial charge in [-0.25, -0.2) is 0 Å². The van der Waals surface area contributed by atoms with Crippen LogP contribution in [0.2, 0.25) is 0 Å². The lowest BCUT2D eigenvalue weighted by molar-refractivity contribution is 0.300. The van der Waals surface area contributed by atoms with Gasteiger partial charge >= 0.3 is 0 Å². The smallest absolute Gasteiger partial charge is 0.131 e. The van der Waals surface area contributed by atoms with Crippen LogP contribution in [-0.4, -0.2) is 35.1 Å². The number of nitrogens with one attached hydrogen (secondary N) is 1. The van der Waals surface area contributed by atoms with Crippen molar-refractivity contribution in [2.24, 2.45) is 7.05 Å². The third kappa shape index (κ3) is 3.62. The van der Waals surface area contributed by atoms with E-state index in [2.05, 4.69) is 27.4 Å². The number of aromatic nitrogens is 2. The molecule has 0 aliphatic rings. The summed E-state index contributed by atoms with van der Waals surface area (Å²) in [6.45, 7) is 4.26. The number of rotatable bonds is 7. The minimum Gasteiger partial charge on any atom is -0.395 e. The van der Waals surface area contributed by atoms with Gasteiger partial charge in [-0.2, -0.15) is 5.10 Å². The molecule has 0 aliphatic heterocycles. The van der Waals surface area contributed by atoms with Gasteiger partial charge in [0.15, 0.2) is 0 Å². The minimum absolute atomic E-state index is 0.121. The zero-order valence-corrected chi connectivity index (χ0v) is 13.0. The molecular weight excluding hydrogens is 264 g/mol. The monoisotopic (exact) mass is 288 g/mol. The molecule has 1 heterocycles. The van der Waals surface area contributed by atoms with Crippen LogP contribution < -0.4 is 10.2 Å². The van der Waals surface area contributed by atoms with Crippen LogP contribution in [0.5, 0.6) is 0 Å². The molecule has 5 heteroatoms. The first-order chi connectivity index (χ1) is 10.2. The molecule has 1 aromatic heterocycles. The van der Waals surface area contributed by atoms with Crippen LogP contribution in [0, 0.1) is 6.92 Å². The molecule has 0 fully saturated rings. The first kappa shape index (κ1) is 15.5. The van der Waals surface area contributed by atoms with E-state index in [0.717, 1.165) is 24.6 Å². The van der Waals surface area contributed by atoms with Gasteiger partial charge in [-0.1, -0.05) is 30.3 Å². The summed E-state index contributed by atoms with van der Waals surface area (Å²) in [5.74, 6) is 1.07. The highest BCUT2D eigenvalue weighted by Crippen LogP contribution is 2.24. The average Bonchev–Trinajstić information content (AvgIpc) is 2.74. The van der Waals surface area contributed by atoms with E-state index in [9.17, 15) is 5.11 Å². The number of aliphatic hydroxyl groups is 1. The van der Waals surface area contributed by atoms with Crippen LogP contribution in [0.15, 0.2) is 30.3 Å². The van der Waals surface area contributed by atoms with Crippen LogP contribution in [0.4, 0.5) is 5.82 Å². The quantitative estimate of drug-likeness (QED) is 0.809. The zero-order valence-electron chi connectivity index (χ0n) is 13.0. The maximum atomic E-state index is 9.41. The first-order valence-electron chi connectivity index (χ1n) is 7.24. The van der Waals surface area contributed by atoms with Gasteiger partial charge in [-0.15, -0.1) is 0 Å². The molecule has 1 aromatic carbocycles. The normalized spacial score (nSPS) is 10.9. The predicted molar refractivity (Wildman–Crippen MR) is 85.3 cm³/mol. The van der Waals surface area contributed by atoms with Crippen LogP contribution in [0.1, 0.15) is 16.8 Å². The van der Waals surface area contributed by atoms with E-state index in [4.69, 9.17) is 0 Å². The average molecular weight is 288 g/mol. The fourth-order valence-corrected chi connectivity index (χ4v) is 2.65. The lowest BCUT2D eigenvalue weighted by Crippen LogP contribution is -2.29. The van der Waals surface area contributed by atoms with Crippen molar-refractivity contribution in [3.05, 3.63) is 47.2 Å². The van der Waals surface area contributed by atoms with Gasteiger partial charge in [0, 0.05) is 32.2 Å². The fourth-order valence-electron chi connectivity index (χ4n) is 2.65. The Morgan fingerprint density at radius 2 is 2.00 bits per heavy atom. The number of nitrogens with zero attached hydrogens (tertiary/aromatic N) is 3. The summed E-state index contributed by atoms with van der Waals surface area (Å²) >= 11 is 0. The molecule has 2 aromatic rings. The summed E-state index contributed by atoms with van der Waals surface area (Å²) in [4.78, 5) is 2.18. The number of aliphatic hydroxyl groups excluding tert-OH is 1. The molecule has 0 aliphatic carbocycles. The third-order valence-electron chi connectivity index (χ3n) is 3.55. The Hall–Kier alpha value is -1.85. The molecule has 2 rings (SSSR count). The van der Waals surface area contributed by atoms with Gasteiger partial charge in [-0.05, 0) is 19.5 Å². The molecule has 5 nitrogen and oxygen atoms in total. The molecule has 21 heavy (non-hydrogen) atoms. The van der Waals surface area contributed by atoms with Crippen molar-refractivity contribution in [2.75, 3.05) is 25.1 Å². The molecule has 0 saturated heterocycles. The molecule has 114 valence electrons. The largest absolute Gasteiger partial charge is 0.395 e. The standard InChI is InChI=1S/C16H24N4O/c1-13-15(11-17-2)16(19(3)18-13)20(9-10-21)12-14-7-5-4-6-8-14/h4-8,17,21H,9-12H2,1-3H3. The van der Waals surface area contributed by atoms with E-state index < -0.39 is 0 Å². The van der Waals surface area contributed by atoms with Crippen molar-refractivity contribution in [1.82, 2.24) is 15.1 Å². The van der Waals surface area contributed by atoms with Crippen molar-refractivity contribution < 1.29 is 5.11 Å². The maximum Gasteiger partial charge on any atom is 0.131 e. The van der Waals surface area contributed by atoms with E-state index in [-0.39, 0.29) is 6.61 Å². The first-order valence-corrected chi connectivity index (χ1v) is 7.24. The highest BCUT2D eigenvalue weighted by molar-refractivity contribution is 5.50. The maximum absolute atomic E-state index is 9.41. The summed E-state index contributed by atoms with van der Waals surface area (Å²) in [6.07, 6.45) is 0. The van der Waals surface area contributed by atoms with E-state index in [1.807, 2.05) is 43.9 Å². The summed E-state index contributed by atoms with van der Waals surface area (Å²) in [5, 5.41) is 17.1. The molecular formula is C16H24N4O. The van der Waals surface area contributed by atoms with Crippen molar-refractivity contribution >= 4 is 5.82 Å². The lowest BCUT2D eigenvalue weighted by Gasteiger charge is -2.25. The van der Waals surface area contributed by atoms with Crippen LogP contribution in [-0.2, 0) is 20.1 Å². The molecule has 0 atom stereocenters. The van der Waals surface area contributed by atoms with Crippen LogP contribution in [0.3, 0.4) is 0 Å². The Labute approximate surface area is 126 Å². The molecule has 0 amide bonds. The Kier molecular flexibility index (Phi) is 5.36.